The van der Waals surface area contributed by atoms with Crippen molar-refractivity contribution in [2.24, 2.45) is 0 Å². The molecule has 0 radical (unpaired) electrons. The first kappa shape index (κ1) is 16.7. The van der Waals surface area contributed by atoms with Crippen molar-refractivity contribution in [1.82, 2.24) is 24.6 Å². The first-order chi connectivity index (χ1) is 11.7. The zero-order chi connectivity index (χ0) is 16.9. The number of rotatable bonds is 8. The molecule has 0 amide bonds. The number of nitrogens with one attached hydrogen (secondary N) is 2. The lowest BCUT2D eigenvalue weighted by Gasteiger charge is -2.06. The Hall–Kier alpha value is -2.20. The predicted molar refractivity (Wildman–Crippen MR) is 96.3 cm³/mol. The zero-order valence-electron chi connectivity index (χ0n) is 13.3. The minimum absolute atomic E-state index is 0.0696. The number of hydrogen-bond acceptors (Lipinski definition) is 9. The molecule has 0 aromatic carbocycles. The quantitative estimate of drug-likeness (QED) is 0.465. The van der Waals surface area contributed by atoms with Gasteiger partial charge >= 0.3 is 0 Å². The number of carbonyl (C=O) groups is 1. The van der Waals surface area contributed by atoms with E-state index in [9.17, 15) is 4.79 Å². The number of nitrogens with zero attached hydrogens (tertiary/aromatic N) is 5. The fraction of sp³-hybridized carbons (Fsp3) is 0.357. The van der Waals surface area contributed by atoms with Crippen LogP contribution >= 0.6 is 23.1 Å². The van der Waals surface area contributed by atoms with E-state index in [1.165, 1.54) is 23.1 Å². The Morgan fingerprint density at radius 2 is 2.08 bits per heavy atom. The van der Waals surface area contributed by atoms with Crippen molar-refractivity contribution in [2.45, 2.75) is 19.0 Å². The average molecular weight is 363 g/mol. The van der Waals surface area contributed by atoms with Crippen LogP contribution < -0.4 is 10.6 Å². The molecule has 0 spiro atoms. The van der Waals surface area contributed by atoms with Crippen LogP contribution in [0.15, 0.2) is 22.7 Å². The highest BCUT2D eigenvalue weighted by atomic mass is 32.2. The highest BCUT2D eigenvalue weighted by Gasteiger charge is 2.14. The first-order valence-corrected chi connectivity index (χ1v) is 9.39. The fourth-order valence-electron chi connectivity index (χ4n) is 1.98. The molecule has 0 atom stereocenters. The lowest BCUT2D eigenvalue weighted by Crippen LogP contribution is -2.11. The van der Waals surface area contributed by atoms with Gasteiger partial charge in [0.2, 0.25) is 17.1 Å². The van der Waals surface area contributed by atoms with E-state index >= 15 is 0 Å². The van der Waals surface area contributed by atoms with Crippen LogP contribution in [-0.2, 0) is 0 Å². The van der Waals surface area contributed by atoms with Gasteiger partial charge in [-0.3, -0.25) is 4.79 Å². The molecule has 0 aliphatic rings. The van der Waals surface area contributed by atoms with Crippen molar-refractivity contribution in [2.75, 3.05) is 29.5 Å². The third-order valence-corrected chi connectivity index (χ3v) is 4.74. The Morgan fingerprint density at radius 3 is 2.79 bits per heavy atom. The summed E-state index contributed by atoms with van der Waals surface area (Å²) in [6.07, 6.45) is 0. The lowest BCUT2D eigenvalue weighted by atomic mass is 10.4. The molecule has 0 aliphatic carbocycles. The Kier molecular flexibility index (Phi) is 5.26. The number of thiophene rings is 1. The molecule has 8 nitrogen and oxygen atoms in total. The van der Waals surface area contributed by atoms with Gasteiger partial charge in [0, 0.05) is 13.1 Å². The standard InChI is InChI=1S/C14H17N7OS2/c1-3-15-11-17-12(16-4-2)21-13(18-11)19-14(20-21)24-8-9(22)10-6-5-7-23-10/h5-7H,3-4,8H2,1-2H3,(H2,15,16,17,18,19,20). The lowest BCUT2D eigenvalue weighted by molar-refractivity contribution is 0.102. The van der Waals surface area contributed by atoms with E-state index in [-0.39, 0.29) is 5.78 Å². The number of anilines is 2. The topological polar surface area (TPSA) is 97.1 Å². The van der Waals surface area contributed by atoms with Crippen molar-refractivity contribution in [3.8, 4) is 0 Å². The number of carbonyl (C=O) groups excluding carboxylic acids is 1. The van der Waals surface area contributed by atoms with E-state index in [1.807, 2.05) is 31.4 Å². The van der Waals surface area contributed by atoms with Gasteiger partial charge in [0.05, 0.1) is 10.6 Å². The van der Waals surface area contributed by atoms with Crippen LogP contribution in [0.5, 0.6) is 0 Å². The molecule has 0 saturated heterocycles. The number of aromatic nitrogens is 5. The van der Waals surface area contributed by atoms with Crippen molar-refractivity contribution in [3.63, 3.8) is 0 Å². The molecule has 10 heteroatoms. The van der Waals surface area contributed by atoms with Gasteiger partial charge in [-0.1, -0.05) is 17.8 Å². The van der Waals surface area contributed by atoms with Crippen LogP contribution in [0.25, 0.3) is 5.78 Å². The minimum atomic E-state index is 0.0696. The largest absolute Gasteiger partial charge is 0.354 e. The van der Waals surface area contributed by atoms with E-state index in [1.54, 1.807) is 4.52 Å². The molecule has 0 fully saturated rings. The highest BCUT2D eigenvalue weighted by Crippen LogP contribution is 2.20. The first-order valence-electron chi connectivity index (χ1n) is 7.53. The minimum Gasteiger partial charge on any atom is -0.354 e. The van der Waals surface area contributed by atoms with Crippen molar-refractivity contribution < 1.29 is 4.79 Å². The summed E-state index contributed by atoms with van der Waals surface area (Å²) in [6, 6.07) is 3.69. The third kappa shape index (κ3) is 3.65. The summed E-state index contributed by atoms with van der Waals surface area (Å²) in [5.74, 6) is 1.88. The molecule has 0 saturated carbocycles. The van der Waals surface area contributed by atoms with Crippen LogP contribution in [0.2, 0.25) is 0 Å². The second-order valence-corrected chi connectivity index (χ2v) is 6.62. The fourth-order valence-corrected chi connectivity index (χ4v) is 3.43. The van der Waals surface area contributed by atoms with Crippen LogP contribution in [0.3, 0.4) is 0 Å². The molecule has 0 unspecified atom stereocenters. The molecule has 24 heavy (non-hydrogen) atoms. The number of fused-ring (bicyclic) bond motifs is 1. The zero-order valence-corrected chi connectivity index (χ0v) is 14.9. The maximum atomic E-state index is 12.1. The summed E-state index contributed by atoms with van der Waals surface area (Å²) >= 11 is 2.73. The SMILES string of the molecule is CCNc1nc(NCC)n2nc(SCC(=O)c3cccs3)nc2n1. The van der Waals surface area contributed by atoms with Gasteiger partial charge in [0.25, 0.3) is 5.78 Å². The van der Waals surface area contributed by atoms with Crippen molar-refractivity contribution in [1.29, 1.82) is 0 Å². The van der Waals surface area contributed by atoms with Gasteiger partial charge in [-0.25, -0.2) is 0 Å². The summed E-state index contributed by atoms with van der Waals surface area (Å²) in [6.45, 7) is 5.37. The molecular weight excluding hydrogens is 346 g/mol. The molecule has 2 N–H and O–H groups in total. The highest BCUT2D eigenvalue weighted by molar-refractivity contribution is 7.99. The van der Waals surface area contributed by atoms with Gasteiger partial charge in [-0.2, -0.15) is 19.5 Å². The molecule has 126 valence electrons. The van der Waals surface area contributed by atoms with E-state index in [0.29, 0.717) is 41.7 Å². The van der Waals surface area contributed by atoms with Crippen LogP contribution in [0.1, 0.15) is 23.5 Å². The molecule has 3 aromatic rings. The maximum absolute atomic E-state index is 12.1. The smallest absolute Gasteiger partial charge is 0.259 e. The average Bonchev–Trinajstić information content (AvgIpc) is 3.23. The Bertz CT molecular complexity index is 831. The molecule has 0 aliphatic heterocycles. The summed E-state index contributed by atoms with van der Waals surface area (Å²) in [7, 11) is 0. The van der Waals surface area contributed by atoms with E-state index in [4.69, 9.17) is 0 Å². The van der Waals surface area contributed by atoms with Crippen LogP contribution in [0, 0.1) is 0 Å². The summed E-state index contributed by atoms with van der Waals surface area (Å²) < 4.78 is 1.56. The second kappa shape index (κ2) is 7.58. The van der Waals surface area contributed by atoms with Gasteiger partial charge in [0.15, 0.2) is 5.78 Å². The number of hydrogen-bond donors (Lipinski definition) is 2. The number of thioether (sulfide) groups is 1. The third-order valence-electron chi connectivity index (χ3n) is 2.99. The second-order valence-electron chi connectivity index (χ2n) is 4.73. The van der Waals surface area contributed by atoms with Gasteiger partial charge in [-0.05, 0) is 25.3 Å². The number of ketones is 1. The summed E-state index contributed by atoms with van der Waals surface area (Å²) in [5, 5.41) is 13.0. The van der Waals surface area contributed by atoms with Gasteiger partial charge in [-0.15, -0.1) is 16.4 Å². The molecule has 0 bridgehead atoms. The monoisotopic (exact) mass is 363 g/mol. The van der Waals surface area contributed by atoms with E-state index < -0.39 is 0 Å². The van der Waals surface area contributed by atoms with Crippen molar-refractivity contribution >= 4 is 46.6 Å². The molecular formula is C14H17N7OS2. The summed E-state index contributed by atoms with van der Waals surface area (Å²) in [4.78, 5) is 25.9. The molecule has 3 aromatic heterocycles. The van der Waals surface area contributed by atoms with Crippen LogP contribution in [0.4, 0.5) is 11.9 Å². The molecule has 3 rings (SSSR count). The maximum Gasteiger partial charge on any atom is 0.259 e. The van der Waals surface area contributed by atoms with Gasteiger partial charge < -0.3 is 10.6 Å². The Balaban J connectivity index is 1.81. The molecule has 3 heterocycles. The van der Waals surface area contributed by atoms with Crippen LogP contribution in [-0.4, -0.2) is 49.2 Å². The number of Topliss-reactive ketones (excluding diaryl/α,β-unsaturated/α-hetero) is 1. The van der Waals surface area contributed by atoms with Crippen molar-refractivity contribution in [3.05, 3.63) is 22.4 Å². The Morgan fingerprint density at radius 1 is 1.25 bits per heavy atom. The van der Waals surface area contributed by atoms with Gasteiger partial charge in [0.1, 0.15) is 0 Å². The normalized spacial score (nSPS) is 10.9. The van der Waals surface area contributed by atoms with E-state index in [0.717, 1.165) is 4.88 Å². The summed E-state index contributed by atoms with van der Waals surface area (Å²) in [5.41, 5.74) is 0. The predicted octanol–water partition coefficient (Wildman–Crippen LogP) is 2.42. The Labute approximate surface area is 147 Å². The van der Waals surface area contributed by atoms with E-state index in [2.05, 4.69) is 30.7 Å².